The Balaban J connectivity index is 2.67. The largest absolute Gasteiger partial charge is 0.493 e. The number of aromatic hydroxyl groups is 1. The Morgan fingerprint density at radius 2 is 1.95 bits per heavy atom. The van der Waals surface area contributed by atoms with Gasteiger partial charge >= 0.3 is 0 Å². The summed E-state index contributed by atoms with van der Waals surface area (Å²) < 4.78 is -0.645. The highest BCUT2D eigenvalue weighted by molar-refractivity contribution is 7.58. The third-order valence-corrected chi connectivity index (χ3v) is 3.43. The summed E-state index contributed by atoms with van der Waals surface area (Å²) in [5.41, 5.74) is 1.31. The zero-order valence-corrected chi connectivity index (χ0v) is 13.5. The molecule has 4 nitrogen and oxygen atoms in total. The molecule has 0 bridgehead atoms. The molecule has 0 aliphatic carbocycles. The Bertz CT molecular complexity index is 676. The van der Waals surface area contributed by atoms with Crippen LogP contribution in [-0.2, 0) is 29.0 Å². The van der Waals surface area contributed by atoms with E-state index in [1.165, 1.54) is 12.3 Å². The molecule has 0 fully saturated rings. The average molecular weight is 367 g/mol. The topological polar surface area (TPSA) is 49.0 Å². The maximum atomic E-state index is 9.42. The molecule has 0 saturated carbocycles. The van der Waals surface area contributed by atoms with Gasteiger partial charge in [0.25, 0.3) is 0 Å². The monoisotopic (exact) mass is 365 g/mol. The van der Waals surface area contributed by atoms with Gasteiger partial charge < -0.3 is 5.11 Å². The van der Waals surface area contributed by atoms with Crippen molar-refractivity contribution in [2.24, 2.45) is 0 Å². The van der Waals surface area contributed by atoms with Gasteiger partial charge in [0.2, 0.25) is 15.4 Å². The average Bonchev–Trinajstić information content (AvgIpc) is 2.37. The molecule has 0 atom stereocenters. The van der Waals surface area contributed by atoms with Gasteiger partial charge in [0.05, 0.1) is 0 Å². The van der Waals surface area contributed by atoms with Gasteiger partial charge in [-0.3, -0.25) is 0 Å². The van der Waals surface area contributed by atoms with Crippen LogP contribution < -0.4 is 0 Å². The zero-order valence-electron chi connectivity index (χ0n) is 9.63. The molecule has 20 heavy (non-hydrogen) atoms. The van der Waals surface area contributed by atoms with Crippen LogP contribution in [0.3, 0.4) is 0 Å². The smallest absolute Gasteiger partial charge is 0.216 e. The van der Waals surface area contributed by atoms with E-state index < -0.39 is 3.79 Å². The molecule has 9 heteroatoms. The molecule has 104 valence electrons. The summed E-state index contributed by atoms with van der Waals surface area (Å²) in [5.74, 6) is 0.0562. The lowest BCUT2D eigenvalue weighted by Crippen LogP contribution is -2.05. The predicted octanol–water partition coefficient (Wildman–Crippen LogP) is 3.51. The van der Waals surface area contributed by atoms with E-state index in [-0.39, 0.29) is 11.7 Å². The van der Waals surface area contributed by atoms with Crippen LogP contribution in [0.2, 0.25) is 0 Å². The van der Waals surface area contributed by atoms with E-state index in [1.807, 2.05) is 0 Å². The number of aromatic nitrogens is 2. The molecule has 1 heterocycles. The van der Waals surface area contributed by atoms with Crippen molar-refractivity contribution in [2.75, 3.05) is 0 Å². The minimum Gasteiger partial charge on any atom is -0.493 e. The highest BCUT2D eigenvalue weighted by Crippen LogP contribution is 2.43. The van der Waals surface area contributed by atoms with Crippen molar-refractivity contribution >= 4 is 65.7 Å². The molecular formula is C11H6Cl3N3OS2. The SMILES string of the molecule is Oc1ccnc(-c2ccc([N+](=S)[S-])cc2C(Cl)(Cl)Cl)n1. The molecule has 0 spiro atoms. The highest BCUT2D eigenvalue weighted by atomic mass is 35.6. The van der Waals surface area contributed by atoms with Crippen molar-refractivity contribution < 1.29 is 8.46 Å². The Kier molecular flexibility index (Phi) is 4.61. The first-order chi connectivity index (χ1) is 9.29. The Hall–Kier alpha value is -0.790. The third kappa shape index (κ3) is 3.45. The first-order valence-electron chi connectivity index (χ1n) is 5.17. The van der Waals surface area contributed by atoms with Gasteiger partial charge in [-0.25, -0.2) is 8.34 Å². The van der Waals surface area contributed by atoms with Gasteiger partial charge in [0.1, 0.15) is 0 Å². The van der Waals surface area contributed by atoms with Gasteiger partial charge in [0, 0.05) is 35.5 Å². The molecule has 0 aliphatic rings. The summed E-state index contributed by atoms with van der Waals surface area (Å²) >= 11 is 27.6. The Morgan fingerprint density at radius 1 is 1.25 bits per heavy atom. The summed E-state index contributed by atoms with van der Waals surface area (Å²) in [5, 5.41) is 9.42. The van der Waals surface area contributed by atoms with E-state index in [0.717, 1.165) is 3.35 Å². The number of benzene rings is 1. The number of hydrogen-bond donors (Lipinski definition) is 1. The van der Waals surface area contributed by atoms with Gasteiger partial charge in [-0.1, -0.05) is 60.0 Å². The van der Waals surface area contributed by atoms with Crippen molar-refractivity contribution in [1.82, 2.24) is 9.97 Å². The number of hydrogen-bond acceptors (Lipinski definition) is 5. The standard InChI is InChI=1S/C11H6Cl3N3OS2/c12-11(13,14)8-5-6(17(19)20)1-2-7(8)10-15-4-3-9(18)16-10/h1-5H,(H,15,16,18). The molecule has 0 aliphatic heterocycles. The lowest BCUT2D eigenvalue weighted by Gasteiger charge is -2.16. The second kappa shape index (κ2) is 5.91. The van der Waals surface area contributed by atoms with Crippen LogP contribution in [0.25, 0.3) is 11.4 Å². The fourth-order valence-corrected chi connectivity index (χ4v) is 2.25. The predicted molar refractivity (Wildman–Crippen MR) is 83.0 cm³/mol. The van der Waals surface area contributed by atoms with E-state index in [4.69, 9.17) is 60.0 Å². The van der Waals surface area contributed by atoms with Crippen molar-refractivity contribution in [3.8, 4) is 17.3 Å². The van der Waals surface area contributed by atoms with Crippen molar-refractivity contribution in [3.63, 3.8) is 0 Å². The molecule has 0 radical (unpaired) electrons. The molecule has 0 saturated heterocycles. The quantitative estimate of drug-likeness (QED) is 0.501. The van der Waals surface area contributed by atoms with E-state index >= 15 is 0 Å². The number of halogens is 3. The Morgan fingerprint density at radius 3 is 2.50 bits per heavy atom. The molecule has 1 aromatic carbocycles. The minimum absolute atomic E-state index is 0.178. The van der Waals surface area contributed by atoms with Crippen LogP contribution in [0.5, 0.6) is 5.88 Å². The fourth-order valence-electron chi connectivity index (χ4n) is 1.55. The molecule has 2 rings (SSSR count). The summed E-state index contributed by atoms with van der Waals surface area (Å²) in [6.45, 7) is 0. The molecular weight excluding hydrogens is 361 g/mol. The van der Waals surface area contributed by atoms with E-state index in [1.54, 1.807) is 18.2 Å². The second-order valence-electron chi connectivity index (χ2n) is 3.72. The summed E-state index contributed by atoms with van der Waals surface area (Å²) in [7, 11) is 0. The van der Waals surface area contributed by atoms with E-state index in [0.29, 0.717) is 16.8 Å². The van der Waals surface area contributed by atoms with E-state index in [2.05, 4.69) is 9.97 Å². The summed E-state index contributed by atoms with van der Waals surface area (Å²) in [6, 6.07) is 6.19. The number of alkyl halides is 3. The molecule has 2 aromatic rings. The van der Waals surface area contributed by atoms with Crippen LogP contribution in [0.15, 0.2) is 30.5 Å². The zero-order chi connectivity index (χ0) is 14.9. The lowest BCUT2D eigenvalue weighted by atomic mass is 10.1. The number of rotatable bonds is 2. The van der Waals surface area contributed by atoms with Gasteiger partial charge in [0.15, 0.2) is 5.82 Å². The van der Waals surface area contributed by atoms with Gasteiger partial charge in [-0.2, -0.15) is 4.98 Å². The van der Waals surface area contributed by atoms with Crippen molar-refractivity contribution in [2.45, 2.75) is 3.79 Å². The molecule has 1 N–H and O–H groups in total. The highest BCUT2D eigenvalue weighted by Gasteiger charge is 2.29. The fraction of sp³-hybridized carbons (Fsp3) is 0.0909. The minimum atomic E-state index is -1.71. The number of nitrogens with zero attached hydrogens (tertiary/aromatic N) is 3. The second-order valence-corrected chi connectivity index (χ2v) is 6.97. The molecule has 0 amide bonds. The first-order valence-corrected chi connectivity index (χ1v) is 7.03. The van der Waals surface area contributed by atoms with Crippen LogP contribution in [0, 0.1) is 0 Å². The summed E-state index contributed by atoms with van der Waals surface area (Å²) in [4.78, 5) is 7.94. The molecule has 1 aromatic heterocycles. The maximum absolute atomic E-state index is 9.42. The lowest BCUT2D eigenvalue weighted by molar-refractivity contribution is -0.197. The third-order valence-electron chi connectivity index (χ3n) is 2.40. The maximum Gasteiger partial charge on any atom is 0.216 e. The van der Waals surface area contributed by atoms with Crippen LogP contribution in [-0.4, -0.2) is 18.4 Å². The molecule has 0 unspecified atom stereocenters. The van der Waals surface area contributed by atoms with Crippen LogP contribution in [0.1, 0.15) is 5.56 Å². The summed E-state index contributed by atoms with van der Waals surface area (Å²) in [6.07, 6.45) is 1.40. The van der Waals surface area contributed by atoms with Gasteiger partial charge in [-0.15, -0.1) is 0 Å². The van der Waals surface area contributed by atoms with Crippen LogP contribution >= 0.6 is 34.8 Å². The van der Waals surface area contributed by atoms with E-state index in [9.17, 15) is 5.11 Å². The van der Waals surface area contributed by atoms with Crippen LogP contribution in [0.4, 0.5) is 5.69 Å². The Labute approximate surface area is 141 Å². The first kappa shape index (κ1) is 15.6. The van der Waals surface area contributed by atoms with Crippen molar-refractivity contribution in [3.05, 3.63) is 36.0 Å². The van der Waals surface area contributed by atoms with Gasteiger partial charge in [-0.05, 0) is 6.07 Å². The van der Waals surface area contributed by atoms with Crippen molar-refractivity contribution in [1.29, 1.82) is 0 Å². The normalized spacial score (nSPS) is 11.3.